The van der Waals surface area contributed by atoms with Crippen LogP contribution in [-0.2, 0) is 33.3 Å². The minimum absolute atomic E-state index is 0.263. The largest absolute Gasteiger partial charge is 0.444 e. The molecule has 11 nitrogen and oxygen atoms in total. The molecule has 4 heterocycles. The first-order valence-corrected chi connectivity index (χ1v) is 13.0. The van der Waals surface area contributed by atoms with Crippen LogP contribution in [0.1, 0.15) is 74.1 Å². The summed E-state index contributed by atoms with van der Waals surface area (Å²) in [4.78, 5) is 41.2. The summed E-state index contributed by atoms with van der Waals surface area (Å²) in [5, 5.41) is 2.76. The molecule has 5 atom stereocenters. The molecular formula is C25H41N3O8. The zero-order chi connectivity index (χ0) is 26.5. The number of hydrogen-bond donors (Lipinski definition) is 1. The molecule has 4 aliphatic heterocycles. The molecule has 4 aliphatic rings. The van der Waals surface area contributed by atoms with E-state index in [4.69, 9.17) is 23.7 Å². The van der Waals surface area contributed by atoms with Gasteiger partial charge < -0.3 is 38.8 Å². The van der Waals surface area contributed by atoms with Crippen molar-refractivity contribution >= 4 is 17.9 Å². The number of rotatable bonds is 7. The second kappa shape index (κ2) is 9.74. The highest BCUT2D eigenvalue weighted by Crippen LogP contribution is 2.45. The SMILES string of the molecule is CC(C)(C)OC(=O)NCCCCCCN1C(=O)C(=O)N2[C@@H]3COC(C)(C)O[C@H]3[C@@H]3OC(C)(C)O[C@@H]3[C@@H]12. The zero-order valence-electron chi connectivity index (χ0n) is 22.5. The number of carbonyl (C=O) groups is 3. The van der Waals surface area contributed by atoms with Crippen LogP contribution in [-0.4, -0.2) is 95.1 Å². The Morgan fingerprint density at radius 3 is 2.28 bits per heavy atom. The molecule has 4 rings (SSSR count). The van der Waals surface area contributed by atoms with Crippen LogP contribution in [0.2, 0.25) is 0 Å². The Balaban J connectivity index is 1.35. The fourth-order valence-electron chi connectivity index (χ4n) is 5.45. The zero-order valence-corrected chi connectivity index (χ0v) is 22.5. The molecule has 0 saturated carbocycles. The number of fused-ring (bicyclic) bond motifs is 6. The van der Waals surface area contributed by atoms with Gasteiger partial charge in [-0.15, -0.1) is 0 Å². The lowest BCUT2D eigenvalue weighted by Gasteiger charge is -2.52. The van der Waals surface area contributed by atoms with Gasteiger partial charge in [0.05, 0.1) is 12.6 Å². The maximum absolute atomic E-state index is 13.1. The molecule has 36 heavy (non-hydrogen) atoms. The van der Waals surface area contributed by atoms with E-state index in [2.05, 4.69) is 5.32 Å². The van der Waals surface area contributed by atoms with Crippen molar-refractivity contribution in [1.29, 1.82) is 0 Å². The van der Waals surface area contributed by atoms with Crippen molar-refractivity contribution in [2.45, 2.75) is 122 Å². The van der Waals surface area contributed by atoms with Crippen LogP contribution in [0.3, 0.4) is 0 Å². The van der Waals surface area contributed by atoms with E-state index in [-0.39, 0.29) is 6.61 Å². The molecule has 204 valence electrons. The number of ether oxygens (including phenoxy) is 5. The standard InChI is InChI=1S/C25H41N3O8/c1-23(2,3)36-22(31)26-12-10-8-9-11-13-27-19-18-17(34-25(6,7)35-18)16-15(14-32-24(4,5)33-16)28(19)21(30)20(27)29/h15-19H,8-14H2,1-7H3,(H,26,31)/t15-,16-,17+,18+,19+/m1/s1. The van der Waals surface area contributed by atoms with Gasteiger partial charge in [0.25, 0.3) is 0 Å². The topological polar surface area (TPSA) is 116 Å². The van der Waals surface area contributed by atoms with Gasteiger partial charge in [-0.05, 0) is 61.3 Å². The van der Waals surface area contributed by atoms with Crippen LogP contribution in [0.25, 0.3) is 0 Å². The predicted molar refractivity (Wildman–Crippen MR) is 128 cm³/mol. The van der Waals surface area contributed by atoms with Crippen molar-refractivity contribution in [3.05, 3.63) is 0 Å². The van der Waals surface area contributed by atoms with E-state index in [9.17, 15) is 14.4 Å². The van der Waals surface area contributed by atoms with E-state index in [0.717, 1.165) is 25.7 Å². The van der Waals surface area contributed by atoms with Crippen molar-refractivity contribution in [2.24, 2.45) is 0 Å². The van der Waals surface area contributed by atoms with Crippen LogP contribution in [0.5, 0.6) is 0 Å². The lowest BCUT2D eigenvalue weighted by atomic mass is 9.90. The highest BCUT2D eigenvalue weighted by molar-refractivity contribution is 6.37. The number of hydrogen-bond acceptors (Lipinski definition) is 8. The Morgan fingerprint density at radius 1 is 0.944 bits per heavy atom. The van der Waals surface area contributed by atoms with Gasteiger partial charge in [-0.3, -0.25) is 9.59 Å². The summed E-state index contributed by atoms with van der Waals surface area (Å²) in [7, 11) is 0. The summed E-state index contributed by atoms with van der Waals surface area (Å²) in [6.07, 6.45) is 0.890. The average molecular weight is 512 g/mol. The number of carbonyl (C=O) groups excluding carboxylic acids is 3. The van der Waals surface area contributed by atoms with E-state index in [1.54, 1.807) is 9.80 Å². The highest BCUT2D eigenvalue weighted by atomic mass is 16.8. The highest BCUT2D eigenvalue weighted by Gasteiger charge is 2.66. The molecule has 11 heteroatoms. The van der Waals surface area contributed by atoms with Crippen LogP contribution in [0.15, 0.2) is 0 Å². The summed E-state index contributed by atoms with van der Waals surface area (Å²) in [5.74, 6) is -2.75. The van der Waals surface area contributed by atoms with Crippen molar-refractivity contribution in [2.75, 3.05) is 19.7 Å². The lowest BCUT2D eigenvalue weighted by molar-refractivity contribution is -0.323. The van der Waals surface area contributed by atoms with E-state index in [0.29, 0.717) is 13.1 Å². The van der Waals surface area contributed by atoms with Gasteiger partial charge in [0, 0.05) is 13.1 Å². The molecule has 1 N–H and O–H groups in total. The fourth-order valence-corrected chi connectivity index (χ4v) is 5.45. The maximum atomic E-state index is 13.1. The second-order valence-electron chi connectivity index (χ2n) is 11.9. The number of unbranched alkanes of at least 4 members (excludes halogenated alkanes) is 3. The molecule has 0 aromatic carbocycles. The predicted octanol–water partition coefficient (Wildman–Crippen LogP) is 2.12. The van der Waals surface area contributed by atoms with Crippen molar-refractivity contribution in [1.82, 2.24) is 15.1 Å². The molecule has 0 radical (unpaired) electrons. The Labute approximate surface area is 213 Å². The fraction of sp³-hybridized carbons (Fsp3) is 0.880. The molecule has 4 fully saturated rings. The molecule has 4 saturated heterocycles. The summed E-state index contributed by atoms with van der Waals surface area (Å²) >= 11 is 0. The molecule has 0 aliphatic carbocycles. The van der Waals surface area contributed by atoms with Gasteiger partial charge in [0.15, 0.2) is 11.6 Å². The number of amides is 3. The quantitative estimate of drug-likeness (QED) is 0.408. The first-order valence-electron chi connectivity index (χ1n) is 13.0. The van der Waals surface area contributed by atoms with E-state index in [1.165, 1.54) is 0 Å². The Hall–Kier alpha value is -1.95. The normalized spacial score (nSPS) is 32.7. The van der Waals surface area contributed by atoms with E-state index >= 15 is 0 Å². The summed E-state index contributed by atoms with van der Waals surface area (Å²) < 4.78 is 29.8. The third-order valence-electron chi connectivity index (χ3n) is 6.82. The lowest BCUT2D eigenvalue weighted by Crippen LogP contribution is -2.71. The Bertz CT molecular complexity index is 870. The van der Waals surface area contributed by atoms with E-state index < -0.39 is 65.6 Å². The van der Waals surface area contributed by atoms with Crippen molar-refractivity contribution < 1.29 is 38.1 Å². The number of nitrogens with one attached hydrogen (secondary N) is 1. The van der Waals surface area contributed by atoms with E-state index in [1.807, 2.05) is 48.5 Å². The molecule has 0 spiro atoms. The van der Waals surface area contributed by atoms with Gasteiger partial charge in [-0.1, -0.05) is 12.8 Å². The summed E-state index contributed by atoms with van der Waals surface area (Å²) in [6.45, 7) is 14.0. The van der Waals surface area contributed by atoms with Gasteiger partial charge in [0.1, 0.15) is 30.1 Å². The van der Waals surface area contributed by atoms with Crippen molar-refractivity contribution in [3.63, 3.8) is 0 Å². The van der Waals surface area contributed by atoms with Gasteiger partial charge in [-0.25, -0.2) is 4.79 Å². The Kier molecular flexibility index (Phi) is 7.33. The summed E-state index contributed by atoms with van der Waals surface area (Å²) in [5.41, 5.74) is -0.523. The van der Waals surface area contributed by atoms with Crippen LogP contribution >= 0.6 is 0 Å². The average Bonchev–Trinajstić information content (AvgIpc) is 3.19. The first kappa shape index (κ1) is 27.1. The number of nitrogens with zero attached hydrogens (tertiary/aromatic N) is 2. The Morgan fingerprint density at radius 2 is 1.58 bits per heavy atom. The minimum atomic E-state index is -0.858. The molecule has 0 bridgehead atoms. The minimum Gasteiger partial charge on any atom is -0.444 e. The van der Waals surface area contributed by atoms with Gasteiger partial charge >= 0.3 is 17.9 Å². The maximum Gasteiger partial charge on any atom is 0.407 e. The first-order chi connectivity index (χ1) is 16.7. The molecule has 0 aromatic heterocycles. The monoisotopic (exact) mass is 511 g/mol. The van der Waals surface area contributed by atoms with Gasteiger partial charge in [0.2, 0.25) is 0 Å². The number of piperidine rings is 1. The van der Waals surface area contributed by atoms with Crippen LogP contribution in [0.4, 0.5) is 4.79 Å². The third kappa shape index (κ3) is 5.64. The number of alkyl carbamates (subject to hydrolysis) is 1. The van der Waals surface area contributed by atoms with Gasteiger partial charge in [-0.2, -0.15) is 0 Å². The van der Waals surface area contributed by atoms with Crippen LogP contribution < -0.4 is 5.32 Å². The second-order valence-corrected chi connectivity index (χ2v) is 11.9. The van der Waals surface area contributed by atoms with Crippen molar-refractivity contribution in [3.8, 4) is 0 Å². The third-order valence-corrected chi connectivity index (χ3v) is 6.82. The summed E-state index contributed by atoms with van der Waals surface area (Å²) in [6, 6.07) is -0.429. The molecule has 3 amide bonds. The van der Waals surface area contributed by atoms with Crippen LogP contribution in [0, 0.1) is 0 Å². The molecule has 0 unspecified atom stereocenters. The molecular weight excluding hydrogens is 470 g/mol. The molecule has 0 aromatic rings. The smallest absolute Gasteiger partial charge is 0.407 e.